The van der Waals surface area contributed by atoms with Crippen molar-refractivity contribution in [2.24, 2.45) is 11.1 Å². The maximum Gasteiger partial charge on any atom is 0.0359 e. The van der Waals surface area contributed by atoms with Gasteiger partial charge in [-0.1, -0.05) is 44.2 Å². The van der Waals surface area contributed by atoms with Crippen LogP contribution in [0.5, 0.6) is 0 Å². The fourth-order valence-corrected chi connectivity index (χ4v) is 3.67. The lowest BCUT2D eigenvalue weighted by Crippen LogP contribution is -2.41. The maximum atomic E-state index is 6.50. The van der Waals surface area contributed by atoms with Crippen LogP contribution in [0.4, 0.5) is 0 Å². The molecule has 0 aromatic heterocycles. The number of nitrogens with zero attached hydrogens (tertiary/aromatic N) is 1. The topological polar surface area (TPSA) is 29.3 Å². The van der Waals surface area contributed by atoms with E-state index in [-0.39, 0.29) is 11.5 Å². The Morgan fingerprint density at radius 2 is 1.95 bits per heavy atom. The van der Waals surface area contributed by atoms with Crippen LogP contribution in [0.3, 0.4) is 0 Å². The number of hydrogen-bond acceptors (Lipinski definition) is 3. The normalized spacial score (nSPS) is 19.9. The van der Waals surface area contributed by atoms with Crippen LogP contribution in [-0.2, 0) is 0 Å². The van der Waals surface area contributed by atoms with E-state index >= 15 is 0 Å². The number of nitrogens with two attached hydrogens (primary N) is 1. The highest BCUT2D eigenvalue weighted by atomic mass is 32.2. The van der Waals surface area contributed by atoms with Crippen LogP contribution in [-0.4, -0.2) is 36.0 Å². The van der Waals surface area contributed by atoms with Gasteiger partial charge in [-0.05, 0) is 29.7 Å². The van der Waals surface area contributed by atoms with Crippen LogP contribution in [0, 0.1) is 5.41 Å². The Bertz CT molecular complexity index is 370. The highest BCUT2D eigenvalue weighted by Crippen LogP contribution is 2.32. The third kappa shape index (κ3) is 4.23. The van der Waals surface area contributed by atoms with Crippen molar-refractivity contribution < 1.29 is 0 Å². The van der Waals surface area contributed by atoms with Gasteiger partial charge in [0.05, 0.1) is 0 Å². The molecule has 1 fully saturated rings. The summed E-state index contributed by atoms with van der Waals surface area (Å²) < 4.78 is 0. The second-order valence-electron chi connectivity index (χ2n) is 6.12. The van der Waals surface area contributed by atoms with Crippen molar-refractivity contribution in [1.82, 2.24) is 4.90 Å². The summed E-state index contributed by atoms with van der Waals surface area (Å²) in [7, 11) is 0. The molecule has 2 N–H and O–H groups in total. The van der Waals surface area contributed by atoms with Crippen molar-refractivity contribution in [2.45, 2.75) is 26.3 Å². The van der Waals surface area contributed by atoms with Gasteiger partial charge in [-0.2, -0.15) is 11.8 Å². The van der Waals surface area contributed by atoms with Gasteiger partial charge in [-0.3, -0.25) is 0 Å². The van der Waals surface area contributed by atoms with Gasteiger partial charge in [0, 0.05) is 24.9 Å². The first kappa shape index (κ1) is 14.9. The van der Waals surface area contributed by atoms with E-state index in [2.05, 4.69) is 60.8 Å². The van der Waals surface area contributed by atoms with Gasteiger partial charge >= 0.3 is 0 Å². The zero-order valence-corrected chi connectivity index (χ0v) is 13.0. The van der Waals surface area contributed by atoms with E-state index in [1.807, 2.05) is 0 Å². The van der Waals surface area contributed by atoms with E-state index < -0.39 is 0 Å². The van der Waals surface area contributed by atoms with Crippen molar-refractivity contribution in [2.75, 3.05) is 31.1 Å². The van der Waals surface area contributed by atoms with Gasteiger partial charge in [-0.15, -0.1) is 0 Å². The molecule has 0 amide bonds. The van der Waals surface area contributed by atoms with Gasteiger partial charge < -0.3 is 10.6 Å². The Balaban J connectivity index is 2.00. The third-order valence-corrected chi connectivity index (χ3v) is 5.00. The summed E-state index contributed by atoms with van der Waals surface area (Å²) in [6.45, 7) is 8.10. The standard InChI is InChI=1S/C16H26N2S/c1-16(2,13-18-9-6-11-19-12-10-18)15(17)14-7-4-3-5-8-14/h3-5,7-8,15H,6,9-13,17H2,1-2H3. The third-order valence-electron chi connectivity index (χ3n) is 3.95. The first-order chi connectivity index (χ1) is 9.09. The first-order valence-electron chi connectivity index (χ1n) is 7.20. The van der Waals surface area contributed by atoms with Crippen LogP contribution < -0.4 is 5.73 Å². The molecule has 1 atom stereocenters. The second-order valence-corrected chi connectivity index (χ2v) is 7.34. The Hall–Kier alpha value is -0.510. The van der Waals surface area contributed by atoms with Gasteiger partial charge in [0.1, 0.15) is 0 Å². The molecule has 0 spiro atoms. The maximum absolute atomic E-state index is 6.50. The van der Waals surface area contributed by atoms with Crippen LogP contribution in [0.15, 0.2) is 30.3 Å². The summed E-state index contributed by atoms with van der Waals surface area (Å²) in [5, 5.41) is 0. The molecule has 2 nitrogen and oxygen atoms in total. The van der Waals surface area contributed by atoms with Gasteiger partial charge in [-0.25, -0.2) is 0 Å². The number of thioether (sulfide) groups is 1. The highest BCUT2D eigenvalue weighted by Gasteiger charge is 2.30. The van der Waals surface area contributed by atoms with E-state index in [1.54, 1.807) is 0 Å². The molecule has 1 aliphatic heterocycles. The summed E-state index contributed by atoms with van der Waals surface area (Å²) in [5.41, 5.74) is 7.85. The van der Waals surface area contributed by atoms with Gasteiger partial charge in [0.25, 0.3) is 0 Å². The fraction of sp³-hybridized carbons (Fsp3) is 0.625. The Labute approximate surface area is 121 Å². The number of rotatable bonds is 4. The van der Waals surface area contributed by atoms with Crippen molar-refractivity contribution in [3.8, 4) is 0 Å². The SMILES string of the molecule is CC(C)(CN1CCCSCC1)C(N)c1ccccc1. The number of hydrogen-bond donors (Lipinski definition) is 1. The predicted molar refractivity (Wildman–Crippen MR) is 85.5 cm³/mol. The molecule has 106 valence electrons. The minimum Gasteiger partial charge on any atom is -0.323 e. The molecule has 3 heteroatoms. The first-order valence-corrected chi connectivity index (χ1v) is 8.36. The largest absolute Gasteiger partial charge is 0.323 e. The lowest BCUT2D eigenvalue weighted by Gasteiger charge is -2.36. The van der Waals surface area contributed by atoms with E-state index in [4.69, 9.17) is 5.73 Å². The summed E-state index contributed by atoms with van der Waals surface area (Å²) in [6, 6.07) is 10.6. The van der Waals surface area contributed by atoms with Crippen LogP contribution in [0.25, 0.3) is 0 Å². The molecular formula is C16H26N2S. The molecule has 0 saturated carbocycles. The molecular weight excluding hydrogens is 252 g/mol. The molecule has 1 saturated heterocycles. The quantitative estimate of drug-likeness (QED) is 0.917. The van der Waals surface area contributed by atoms with Gasteiger partial charge in [0.2, 0.25) is 0 Å². The molecule has 1 unspecified atom stereocenters. The van der Waals surface area contributed by atoms with E-state index in [0.29, 0.717) is 0 Å². The molecule has 0 radical (unpaired) electrons. The second kappa shape index (κ2) is 6.78. The van der Waals surface area contributed by atoms with Crippen LogP contribution >= 0.6 is 11.8 Å². The summed E-state index contributed by atoms with van der Waals surface area (Å²) >= 11 is 2.08. The smallest absolute Gasteiger partial charge is 0.0359 e. The lowest BCUT2D eigenvalue weighted by molar-refractivity contribution is 0.160. The Morgan fingerprint density at radius 3 is 2.68 bits per heavy atom. The molecule has 19 heavy (non-hydrogen) atoms. The number of benzene rings is 1. The molecule has 1 aromatic carbocycles. The van der Waals surface area contributed by atoms with Gasteiger partial charge in [0.15, 0.2) is 0 Å². The van der Waals surface area contributed by atoms with Crippen molar-refractivity contribution in [1.29, 1.82) is 0 Å². The van der Waals surface area contributed by atoms with E-state index in [1.165, 1.54) is 36.6 Å². The van der Waals surface area contributed by atoms with E-state index in [9.17, 15) is 0 Å². The van der Waals surface area contributed by atoms with Crippen molar-refractivity contribution >= 4 is 11.8 Å². The lowest BCUT2D eigenvalue weighted by atomic mass is 9.80. The summed E-state index contributed by atoms with van der Waals surface area (Å²) in [6.07, 6.45) is 1.31. The molecule has 0 bridgehead atoms. The fourth-order valence-electron chi connectivity index (χ4n) is 2.74. The Morgan fingerprint density at radius 1 is 1.21 bits per heavy atom. The monoisotopic (exact) mass is 278 g/mol. The Kier molecular flexibility index (Phi) is 5.31. The van der Waals surface area contributed by atoms with Crippen LogP contribution in [0.1, 0.15) is 31.9 Å². The average Bonchev–Trinajstić information content (AvgIpc) is 2.67. The molecule has 1 aliphatic rings. The minimum absolute atomic E-state index is 0.101. The molecule has 2 rings (SSSR count). The summed E-state index contributed by atoms with van der Waals surface area (Å²) in [4.78, 5) is 2.59. The van der Waals surface area contributed by atoms with Crippen LogP contribution in [0.2, 0.25) is 0 Å². The summed E-state index contributed by atoms with van der Waals surface area (Å²) in [5.74, 6) is 2.57. The minimum atomic E-state index is 0.101. The molecule has 0 aliphatic carbocycles. The highest BCUT2D eigenvalue weighted by molar-refractivity contribution is 7.99. The zero-order chi connectivity index (χ0) is 13.7. The van der Waals surface area contributed by atoms with E-state index in [0.717, 1.165) is 6.54 Å². The van der Waals surface area contributed by atoms with Crippen molar-refractivity contribution in [3.05, 3.63) is 35.9 Å². The predicted octanol–water partition coefficient (Wildman–Crippen LogP) is 3.15. The molecule has 1 aromatic rings. The van der Waals surface area contributed by atoms with Crippen molar-refractivity contribution in [3.63, 3.8) is 0 Å². The average molecular weight is 278 g/mol. The molecule has 1 heterocycles. The zero-order valence-electron chi connectivity index (χ0n) is 12.1.